The zero-order valence-corrected chi connectivity index (χ0v) is 18.1. The molecule has 1 amide bonds. The number of carbonyl (C=O) groups is 2. The number of morpholine rings is 1. The molecule has 0 unspecified atom stereocenters. The van der Waals surface area contributed by atoms with Crippen molar-refractivity contribution in [2.75, 3.05) is 51.7 Å². The Labute approximate surface area is 182 Å². The third kappa shape index (κ3) is 4.97. The number of likely N-dealkylation sites (tertiary alicyclic amines) is 1. The normalized spacial score (nSPS) is 19.6. The molecule has 0 saturated carbocycles. The Bertz CT molecular complexity index is 918. The van der Waals surface area contributed by atoms with Gasteiger partial charge in [-0.1, -0.05) is 17.7 Å². The highest BCUT2D eigenvalue weighted by atomic mass is 16.5. The predicted molar refractivity (Wildman–Crippen MR) is 118 cm³/mol. The van der Waals surface area contributed by atoms with Gasteiger partial charge in [0, 0.05) is 38.5 Å². The molecule has 0 spiro atoms. The Kier molecular flexibility index (Phi) is 6.67. The van der Waals surface area contributed by atoms with Crippen LogP contribution in [0.3, 0.4) is 0 Å². The first-order chi connectivity index (χ1) is 15.0. The molecule has 1 atom stereocenters. The van der Waals surface area contributed by atoms with Crippen molar-refractivity contribution in [1.82, 2.24) is 19.6 Å². The number of rotatable bonds is 7. The van der Waals surface area contributed by atoms with Crippen molar-refractivity contribution in [2.45, 2.75) is 26.2 Å². The van der Waals surface area contributed by atoms with Crippen molar-refractivity contribution in [3.63, 3.8) is 0 Å². The largest absolute Gasteiger partial charge is 0.383 e. The number of Topliss-reactive ketones (excluding diaryl/α,β-unsaturated/α-hetero) is 1. The molecule has 0 bridgehead atoms. The Morgan fingerprint density at radius 2 is 1.90 bits per heavy atom. The number of hydrogen-bond acceptors (Lipinski definition) is 6. The fraction of sp³-hybridized carbons (Fsp3) is 0.522. The Hall–Kier alpha value is -2.71. The van der Waals surface area contributed by atoms with E-state index < -0.39 is 0 Å². The van der Waals surface area contributed by atoms with E-state index in [1.54, 1.807) is 10.9 Å². The third-order valence-corrected chi connectivity index (χ3v) is 6.23. The second-order valence-electron chi connectivity index (χ2n) is 8.44. The van der Waals surface area contributed by atoms with E-state index in [2.05, 4.69) is 10.00 Å². The summed E-state index contributed by atoms with van der Waals surface area (Å²) in [6, 6.07) is 7.83. The van der Waals surface area contributed by atoms with Crippen LogP contribution in [0.15, 0.2) is 30.5 Å². The SMILES string of the molecule is Cc1ccc(-n2ncc(C(=O)[C@@H]3CCN(C(=O)CCCN4CCOCC4)C3)c2N)cc1. The van der Waals surface area contributed by atoms with Gasteiger partial charge in [0.25, 0.3) is 0 Å². The van der Waals surface area contributed by atoms with Crippen LogP contribution in [-0.4, -0.2) is 77.2 Å². The van der Waals surface area contributed by atoms with E-state index in [0.29, 0.717) is 37.3 Å². The summed E-state index contributed by atoms with van der Waals surface area (Å²) in [5.74, 6) is 0.233. The molecule has 2 saturated heterocycles. The van der Waals surface area contributed by atoms with E-state index in [0.717, 1.165) is 50.5 Å². The maximum atomic E-state index is 13.1. The first-order valence-electron chi connectivity index (χ1n) is 11.1. The molecule has 8 heteroatoms. The van der Waals surface area contributed by atoms with Crippen molar-refractivity contribution in [1.29, 1.82) is 0 Å². The third-order valence-electron chi connectivity index (χ3n) is 6.23. The number of aromatic nitrogens is 2. The molecule has 1 aromatic heterocycles. The maximum absolute atomic E-state index is 13.1. The summed E-state index contributed by atoms with van der Waals surface area (Å²) in [7, 11) is 0. The van der Waals surface area contributed by atoms with Crippen LogP contribution >= 0.6 is 0 Å². The van der Waals surface area contributed by atoms with E-state index in [-0.39, 0.29) is 17.6 Å². The Balaban J connectivity index is 1.31. The second kappa shape index (κ2) is 9.62. The average Bonchev–Trinajstić information content (AvgIpc) is 3.42. The minimum absolute atomic E-state index is 0.0283. The second-order valence-corrected chi connectivity index (χ2v) is 8.44. The lowest BCUT2D eigenvalue weighted by molar-refractivity contribution is -0.130. The van der Waals surface area contributed by atoms with Gasteiger partial charge in [0.15, 0.2) is 5.78 Å². The van der Waals surface area contributed by atoms with Gasteiger partial charge in [-0.25, -0.2) is 4.68 Å². The summed E-state index contributed by atoms with van der Waals surface area (Å²) in [5, 5.41) is 4.32. The van der Waals surface area contributed by atoms with Gasteiger partial charge in [-0.15, -0.1) is 0 Å². The van der Waals surface area contributed by atoms with E-state index in [4.69, 9.17) is 10.5 Å². The van der Waals surface area contributed by atoms with Crippen LogP contribution in [0.2, 0.25) is 0 Å². The van der Waals surface area contributed by atoms with Crippen molar-refractivity contribution in [2.24, 2.45) is 5.92 Å². The number of nitrogens with zero attached hydrogens (tertiary/aromatic N) is 4. The van der Waals surface area contributed by atoms with Gasteiger partial charge in [0.2, 0.25) is 5.91 Å². The predicted octanol–water partition coefficient (Wildman–Crippen LogP) is 1.91. The summed E-state index contributed by atoms with van der Waals surface area (Å²) >= 11 is 0. The fourth-order valence-electron chi connectivity index (χ4n) is 4.30. The summed E-state index contributed by atoms with van der Waals surface area (Å²) in [5.41, 5.74) is 8.67. The number of benzene rings is 1. The van der Waals surface area contributed by atoms with Gasteiger partial charge >= 0.3 is 0 Å². The molecule has 8 nitrogen and oxygen atoms in total. The molecule has 3 heterocycles. The highest BCUT2D eigenvalue weighted by Gasteiger charge is 2.33. The summed E-state index contributed by atoms with van der Waals surface area (Å²) in [6.45, 7) is 7.43. The van der Waals surface area contributed by atoms with Crippen LogP contribution in [0.5, 0.6) is 0 Å². The van der Waals surface area contributed by atoms with Gasteiger partial charge in [-0.2, -0.15) is 5.10 Å². The molecule has 2 aliphatic rings. The number of ether oxygens (including phenoxy) is 1. The zero-order chi connectivity index (χ0) is 21.8. The molecule has 2 fully saturated rings. The monoisotopic (exact) mass is 425 g/mol. The number of anilines is 1. The number of nitrogens with two attached hydrogens (primary N) is 1. The summed E-state index contributed by atoms with van der Waals surface area (Å²) < 4.78 is 6.95. The lowest BCUT2D eigenvalue weighted by Crippen LogP contribution is -2.37. The van der Waals surface area contributed by atoms with Gasteiger partial charge in [0.1, 0.15) is 5.82 Å². The van der Waals surface area contributed by atoms with Gasteiger partial charge < -0.3 is 15.4 Å². The number of amides is 1. The van der Waals surface area contributed by atoms with Crippen molar-refractivity contribution in [3.8, 4) is 5.69 Å². The van der Waals surface area contributed by atoms with E-state index in [9.17, 15) is 9.59 Å². The van der Waals surface area contributed by atoms with Crippen LogP contribution in [0, 0.1) is 12.8 Å². The number of aryl methyl sites for hydroxylation is 1. The maximum Gasteiger partial charge on any atom is 0.222 e. The molecule has 2 N–H and O–H groups in total. The highest BCUT2D eigenvalue weighted by molar-refractivity contribution is 6.02. The van der Waals surface area contributed by atoms with Crippen molar-refractivity contribution in [3.05, 3.63) is 41.6 Å². The number of nitrogen functional groups attached to an aromatic ring is 1. The minimum Gasteiger partial charge on any atom is -0.383 e. The van der Waals surface area contributed by atoms with Gasteiger partial charge in [0.05, 0.1) is 30.7 Å². The van der Waals surface area contributed by atoms with Crippen LogP contribution in [0.4, 0.5) is 5.82 Å². The van der Waals surface area contributed by atoms with Crippen molar-refractivity contribution < 1.29 is 14.3 Å². The molecular weight excluding hydrogens is 394 g/mol. The molecule has 31 heavy (non-hydrogen) atoms. The Morgan fingerprint density at radius 1 is 1.16 bits per heavy atom. The molecule has 0 radical (unpaired) electrons. The topological polar surface area (TPSA) is 93.7 Å². The van der Waals surface area contributed by atoms with Crippen molar-refractivity contribution >= 4 is 17.5 Å². The molecule has 2 aromatic rings. The molecule has 0 aliphatic carbocycles. The quantitative estimate of drug-likeness (QED) is 0.681. The summed E-state index contributed by atoms with van der Waals surface area (Å²) in [4.78, 5) is 29.8. The first kappa shape index (κ1) is 21.5. The fourth-order valence-corrected chi connectivity index (χ4v) is 4.30. The molecular formula is C23H31N5O3. The van der Waals surface area contributed by atoms with Crippen LogP contribution < -0.4 is 5.73 Å². The molecule has 4 rings (SSSR count). The standard InChI is InChI=1S/C23H31N5O3/c1-17-4-6-19(7-5-17)28-23(24)20(15-25-28)22(30)18-8-10-27(16-18)21(29)3-2-9-26-11-13-31-14-12-26/h4-7,15,18H,2-3,8-14,16,24H2,1H3/t18-/m1/s1. The van der Waals surface area contributed by atoms with Crippen LogP contribution in [-0.2, 0) is 9.53 Å². The van der Waals surface area contributed by atoms with Crippen LogP contribution in [0.1, 0.15) is 35.2 Å². The lowest BCUT2D eigenvalue weighted by Gasteiger charge is -2.26. The number of ketones is 1. The first-order valence-corrected chi connectivity index (χ1v) is 11.1. The minimum atomic E-state index is -0.221. The van der Waals surface area contributed by atoms with Gasteiger partial charge in [-0.05, 0) is 38.4 Å². The van der Waals surface area contributed by atoms with Crippen LogP contribution in [0.25, 0.3) is 5.69 Å². The zero-order valence-electron chi connectivity index (χ0n) is 18.1. The van der Waals surface area contributed by atoms with E-state index in [1.807, 2.05) is 36.1 Å². The summed E-state index contributed by atoms with van der Waals surface area (Å²) in [6.07, 6.45) is 3.57. The average molecular weight is 426 g/mol. The number of carbonyl (C=O) groups excluding carboxylic acids is 2. The van der Waals surface area contributed by atoms with E-state index >= 15 is 0 Å². The molecule has 2 aliphatic heterocycles. The molecule has 166 valence electrons. The molecule has 1 aromatic carbocycles. The lowest BCUT2D eigenvalue weighted by atomic mass is 9.98. The smallest absolute Gasteiger partial charge is 0.222 e. The van der Waals surface area contributed by atoms with E-state index in [1.165, 1.54) is 0 Å². The Morgan fingerprint density at radius 3 is 2.65 bits per heavy atom. The number of hydrogen-bond donors (Lipinski definition) is 1. The van der Waals surface area contributed by atoms with Gasteiger partial charge in [-0.3, -0.25) is 14.5 Å². The highest BCUT2D eigenvalue weighted by Crippen LogP contribution is 2.26.